The van der Waals surface area contributed by atoms with Crippen molar-refractivity contribution in [2.45, 2.75) is 26.3 Å². The molecule has 0 spiro atoms. The predicted molar refractivity (Wildman–Crippen MR) is 81.9 cm³/mol. The van der Waals surface area contributed by atoms with Crippen molar-refractivity contribution in [1.82, 2.24) is 20.0 Å². The zero-order valence-electron chi connectivity index (χ0n) is 13.5. The molecule has 1 aromatic rings. The van der Waals surface area contributed by atoms with E-state index < -0.39 is 0 Å². The molecule has 1 saturated heterocycles. The van der Waals surface area contributed by atoms with Crippen molar-refractivity contribution in [3.63, 3.8) is 0 Å². The van der Waals surface area contributed by atoms with Gasteiger partial charge in [-0.05, 0) is 33.5 Å². The monoisotopic (exact) mass is 294 g/mol. The summed E-state index contributed by atoms with van der Waals surface area (Å²) in [6.45, 7) is 5.24. The maximum absolute atomic E-state index is 13.1. The minimum absolute atomic E-state index is 0.156. The van der Waals surface area contributed by atoms with Gasteiger partial charge in [0.2, 0.25) is 0 Å². The first-order valence-electron chi connectivity index (χ1n) is 7.54. The summed E-state index contributed by atoms with van der Waals surface area (Å²) in [4.78, 5) is 15.2. The third-order valence-corrected chi connectivity index (χ3v) is 4.40. The minimum Gasteiger partial charge on any atom is -0.493 e. The summed E-state index contributed by atoms with van der Waals surface area (Å²) in [5, 5.41) is 7.66. The quantitative estimate of drug-likeness (QED) is 0.761. The lowest BCUT2D eigenvalue weighted by Gasteiger charge is -2.25. The molecule has 21 heavy (non-hydrogen) atoms. The molecule has 1 fully saturated rings. The Hall–Kier alpha value is -1.40. The Balaban J connectivity index is 2.32. The number of methoxy groups -OCH3 is 1. The van der Waals surface area contributed by atoms with Crippen LogP contribution >= 0.6 is 0 Å². The second-order valence-corrected chi connectivity index (χ2v) is 5.98. The van der Waals surface area contributed by atoms with Crippen LogP contribution < -0.4 is 10.1 Å². The normalized spacial score (nSPS) is 22.0. The Morgan fingerprint density at radius 1 is 1.57 bits per heavy atom. The highest BCUT2D eigenvalue weighted by atomic mass is 16.5. The highest BCUT2D eigenvalue weighted by molar-refractivity contribution is 6.01. The number of ketones is 1. The van der Waals surface area contributed by atoms with Crippen LogP contribution in [0.25, 0.3) is 0 Å². The summed E-state index contributed by atoms with van der Waals surface area (Å²) in [7, 11) is 5.61. The molecule has 0 radical (unpaired) electrons. The predicted octanol–water partition coefficient (Wildman–Crippen LogP) is 1.03. The van der Waals surface area contributed by atoms with E-state index in [0.717, 1.165) is 32.5 Å². The molecule has 1 atom stereocenters. The Labute approximate surface area is 126 Å². The lowest BCUT2D eigenvalue weighted by Crippen LogP contribution is -2.35. The van der Waals surface area contributed by atoms with Gasteiger partial charge in [0.05, 0.1) is 19.9 Å². The van der Waals surface area contributed by atoms with Gasteiger partial charge in [-0.2, -0.15) is 5.10 Å². The molecule has 6 heteroatoms. The largest absolute Gasteiger partial charge is 0.493 e. The number of hydrogen-bond donors (Lipinski definition) is 1. The van der Waals surface area contributed by atoms with Gasteiger partial charge in [0.1, 0.15) is 5.69 Å². The summed E-state index contributed by atoms with van der Waals surface area (Å²) < 4.78 is 7.15. The van der Waals surface area contributed by atoms with Gasteiger partial charge < -0.3 is 15.0 Å². The summed E-state index contributed by atoms with van der Waals surface area (Å²) in [5.41, 5.74) is 0.299. The van der Waals surface area contributed by atoms with Crippen molar-refractivity contribution in [3.8, 4) is 5.75 Å². The second-order valence-electron chi connectivity index (χ2n) is 5.98. The Morgan fingerprint density at radius 3 is 2.86 bits per heavy atom. The Morgan fingerprint density at radius 2 is 2.33 bits per heavy atom. The van der Waals surface area contributed by atoms with E-state index in [9.17, 15) is 4.79 Å². The molecule has 2 heterocycles. The van der Waals surface area contributed by atoms with Gasteiger partial charge in [-0.3, -0.25) is 9.48 Å². The number of likely N-dealkylation sites (N-methyl/N-ethyl adjacent to an activating group) is 1. The Kier molecular flexibility index (Phi) is 5.00. The Bertz CT molecular complexity index is 490. The maximum atomic E-state index is 13.1. The van der Waals surface area contributed by atoms with Gasteiger partial charge >= 0.3 is 0 Å². The molecule has 6 nitrogen and oxygen atoms in total. The fourth-order valence-corrected chi connectivity index (χ4v) is 2.86. The zero-order valence-corrected chi connectivity index (χ0v) is 13.5. The van der Waals surface area contributed by atoms with Gasteiger partial charge in [-0.1, -0.05) is 6.92 Å². The number of Topliss-reactive ketones (excluding diaryl/α,β-unsaturated/α-hetero) is 1. The van der Waals surface area contributed by atoms with Gasteiger partial charge in [-0.15, -0.1) is 0 Å². The molecule has 0 aliphatic carbocycles. The van der Waals surface area contributed by atoms with Crippen molar-refractivity contribution in [3.05, 3.63) is 11.9 Å². The number of carbonyl (C=O) groups excluding carboxylic acids is 1. The number of hydrogen-bond acceptors (Lipinski definition) is 5. The topological polar surface area (TPSA) is 59.4 Å². The molecule has 1 N–H and O–H groups in total. The highest BCUT2D eigenvalue weighted by Crippen LogP contribution is 2.36. The van der Waals surface area contributed by atoms with Crippen LogP contribution in [-0.4, -0.2) is 61.3 Å². The molecule has 1 aliphatic rings. The van der Waals surface area contributed by atoms with Gasteiger partial charge in [0.25, 0.3) is 0 Å². The molecule has 0 bridgehead atoms. The molecular weight excluding hydrogens is 268 g/mol. The van der Waals surface area contributed by atoms with Crippen LogP contribution in [0.2, 0.25) is 0 Å². The zero-order chi connectivity index (χ0) is 15.5. The molecule has 1 aliphatic heterocycles. The van der Waals surface area contributed by atoms with Crippen LogP contribution in [0, 0.1) is 5.41 Å². The van der Waals surface area contributed by atoms with E-state index in [-0.39, 0.29) is 11.2 Å². The van der Waals surface area contributed by atoms with Crippen molar-refractivity contribution in [2.24, 2.45) is 5.41 Å². The van der Waals surface area contributed by atoms with Crippen molar-refractivity contribution >= 4 is 5.78 Å². The van der Waals surface area contributed by atoms with E-state index in [4.69, 9.17) is 4.74 Å². The van der Waals surface area contributed by atoms with Crippen molar-refractivity contribution < 1.29 is 9.53 Å². The first-order chi connectivity index (χ1) is 10.0. The second kappa shape index (κ2) is 6.58. The fraction of sp³-hybridized carbons (Fsp3) is 0.733. The molecule has 0 amide bonds. The molecule has 2 rings (SSSR count). The van der Waals surface area contributed by atoms with E-state index in [2.05, 4.69) is 22.2 Å². The van der Waals surface area contributed by atoms with Gasteiger partial charge in [0.15, 0.2) is 11.5 Å². The fourth-order valence-electron chi connectivity index (χ4n) is 2.86. The number of nitrogens with zero attached hydrogens (tertiary/aromatic N) is 3. The van der Waals surface area contributed by atoms with Crippen molar-refractivity contribution in [1.29, 1.82) is 0 Å². The van der Waals surface area contributed by atoms with Crippen LogP contribution in [0.5, 0.6) is 5.75 Å². The van der Waals surface area contributed by atoms with E-state index >= 15 is 0 Å². The van der Waals surface area contributed by atoms with Crippen molar-refractivity contribution in [2.75, 3.05) is 40.8 Å². The van der Waals surface area contributed by atoms with Crippen LogP contribution in [0.15, 0.2) is 6.20 Å². The third kappa shape index (κ3) is 3.11. The summed E-state index contributed by atoms with van der Waals surface area (Å²) in [6, 6.07) is 0. The van der Waals surface area contributed by atoms with E-state index in [1.165, 1.54) is 0 Å². The van der Waals surface area contributed by atoms with Crippen LogP contribution in [0.1, 0.15) is 30.3 Å². The molecule has 0 aromatic carbocycles. The first kappa shape index (κ1) is 16.0. The molecule has 118 valence electrons. The maximum Gasteiger partial charge on any atom is 0.192 e. The number of ether oxygens (including phenoxy) is 1. The van der Waals surface area contributed by atoms with Crippen LogP contribution in [0.3, 0.4) is 0 Å². The number of nitrogens with one attached hydrogen (secondary N) is 1. The molecular formula is C15H26N4O2. The standard InChI is InChI=1S/C15H26N4O2/c1-5-15(6-7-16-11-15)14(20)13-12(21-4)10-17-19(13)9-8-18(2)3/h10,16H,5-9,11H2,1-4H3. The highest BCUT2D eigenvalue weighted by Gasteiger charge is 2.42. The first-order valence-corrected chi connectivity index (χ1v) is 7.54. The number of aromatic nitrogens is 2. The van der Waals surface area contributed by atoms with Crippen LogP contribution in [-0.2, 0) is 6.54 Å². The summed E-state index contributed by atoms with van der Waals surface area (Å²) in [6.07, 6.45) is 3.36. The minimum atomic E-state index is -0.316. The average molecular weight is 294 g/mol. The third-order valence-electron chi connectivity index (χ3n) is 4.40. The summed E-state index contributed by atoms with van der Waals surface area (Å²) in [5.74, 6) is 0.738. The van der Waals surface area contributed by atoms with Gasteiger partial charge in [0, 0.05) is 18.5 Å². The SMILES string of the molecule is CCC1(C(=O)c2c(OC)cnn2CCN(C)C)CCNC1. The lowest BCUT2D eigenvalue weighted by molar-refractivity contribution is 0.0794. The van der Waals surface area contributed by atoms with E-state index in [0.29, 0.717) is 18.0 Å². The van der Waals surface area contributed by atoms with E-state index in [1.807, 2.05) is 14.1 Å². The lowest BCUT2D eigenvalue weighted by atomic mass is 9.78. The van der Waals surface area contributed by atoms with E-state index in [1.54, 1.807) is 18.0 Å². The average Bonchev–Trinajstić information content (AvgIpc) is 3.11. The van der Waals surface area contributed by atoms with Crippen LogP contribution in [0.4, 0.5) is 0 Å². The number of carbonyl (C=O) groups is 1. The number of rotatable bonds is 7. The summed E-state index contributed by atoms with van der Waals surface area (Å²) >= 11 is 0. The van der Waals surface area contributed by atoms with Gasteiger partial charge in [-0.25, -0.2) is 0 Å². The molecule has 1 unspecified atom stereocenters. The molecule has 0 saturated carbocycles. The smallest absolute Gasteiger partial charge is 0.192 e. The molecule has 1 aromatic heterocycles.